The van der Waals surface area contributed by atoms with E-state index in [0.717, 1.165) is 11.1 Å². The molecule has 0 aliphatic heterocycles. The van der Waals surface area contributed by atoms with E-state index in [9.17, 15) is 13.2 Å². The molecule has 0 unspecified atom stereocenters. The van der Waals surface area contributed by atoms with Gasteiger partial charge in [0.2, 0.25) is 15.9 Å². The van der Waals surface area contributed by atoms with Gasteiger partial charge in [0.1, 0.15) is 0 Å². The van der Waals surface area contributed by atoms with Crippen LogP contribution in [0.15, 0.2) is 48.5 Å². The van der Waals surface area contributed by atoms with Crippen LogP contribution in [-0.4, -0.2) is 33.7 Å². The minimum atomic E-state index is -3.41. The fourth-order valence-electron chi connectivity index (χ4n) is 3.01. The maximum absolute atomic E-state index is 12.2. The van der Waals surface area contributed by atoms with Crippen LogP contribution >= 0.6 is 0 Å². The molecule has 2 aromatic rings. The monoisotopic (exact) mass is 402 g/mol. The van der Waals surface area contributed by atoms with Crippen LogP contribution in [0.3, 0.4) is 0 Å². The SMILES string of the molecule is Cc1ccc(N(CCCC(=O)NC[C@H](C)c2ccccc2)S(C)(=O)=O)cc1C. The molecule has 28 heavy (non-hydrogen) atoms. The second kappa shape index (κ2) is 9.73. The molecule has 0 spiro atoms. The molecule has 0 bridgehead atoms. The average Bonchev–Trinajstić information content (AvgIpc) is 2.65. The van der Waals surface area contributed by atoms with Crippen LogP contribution in [0.4, 0.5) is 5.69 Å². The summed E-state index contributed by atoms with van der Waals surface area (Å²) in [7, 11) is -3.41. The van der Waals surface area contributed by atoms with Gasteiger partial charge in [-0.15, -0.1) is 0 Å². The third-order valence-corrected chi connectivity index (χ3v) is 6.11. The molecule has 0 heterocycles. The molecule has 0 saturated heterocycles. The summed E-state index contributed by atoms with van der Waals surface area (Å²) >= 11 is 0. The summed E-state index contributed by atoms with van der Waals surface area (Å²) in [5.41, 5.74) is 3.98. The van der Waals surface area contributed by atoms with Gasteiger partial charge in [-0.2, -0.15) is 0 Å². The lowest BCUT2D eigenvalue weighted by molar-refractivity contribution is -0.121. The highest BCUT2D eigenvalue weighted by atomic mass is 32.2. The number of anilines is 1. The smallest absolute Gasteiger partial charge is 0.232 e. The molecule has 0 aliphatic carbocycles. The zero-order valence-electron chi connectivity index (χ0n) is 17.1. The van der Waals surface area contributed by atoms with Crippen molar-refractivity contribution in [1.82, 2.24) is 5.32 Å². The van der Waals surface area contributed by atoms with E-state index >= 15 is 0 Å². The van der Waals surface area contributed by atoms with Gasteiger partial charge in [-0.05, 0) is 55.0 Å². The highest BCUT2D eigenvalue weighted by molar-refractivity contribution is 7.92. The number of hydrogen-bond donors (Lipinski definition) is 1. The molecule has 1 amide bonds. The molecule has 1 N–H and O–H groups in total. The summed E-state index contributed by atoms with van der Waals surface area (Å²) in [5.74, 6) is 0.171. The number of amides is 1. The van der Waals surface area contributed by atoms with Gasteiger partial charge in [0.05, 0.1) is 11.9 Å². The van der Waals surface area contributed by atoms with Crippen molar-refractivity contribution in [2.24, 2.45) is 0 Å². The standard InChI is InChI=1S/C22H30N2O3S/c1-17-12-13-21(15-18(17)2)24(28(4,26)27)14-8-11-22(25)23-16-19(3)20-9-6-5-7-10-20/h5-7,9-10,12-13,15,19H,8,11,14,16H2,1-4H3,(H,23,25)/t19-/m0/s1. The van der Waals surface area contributed by atoms with E-state index in [1.165, 1.54) is 16.1 Å². The summed E-state index contributed by atoms with van der Waals surface area (Å²) in [6, 6.07) is 15.6. The van der Waals surface area contributed by atoms with Crippen LogP contribution in [-0.2, 0) is 14.8 Å². The molecular weight excluding hydrogens is 372 g/mol. The first kappa shape index (κ1) is 22.0. The largest absolute Gasteiger partial charge is 0.356 e. The lowest BCUT2D eigenvalue weighted by Crippen LogP contribution is -2.32. The van der Waals surface area contributed by atoms with Gasteiger partial charge >= 0.3 is 0 Å². The Morgan fingerprint density at radius 1 is 1.07 bits per heavy atom. The maximum Gasteiger partial charge on any atom is 0.232 e. The van der Waals surface area contributed by atoms with Crippen LogP contribution < -0.4 is 9.62 Å². The number of hydrogen-bond acceptors (Lipinski definition) is 3. The van der Waals surface area contributed by atoms with E-state index in [1.54, 1.807) is 0 Å². The highest BCUT2D eigenvalue weighted by Crippen LogP contribution is 2.21. The molecule has 0 saturated carbocycles. The fraction of sp³-hybridized carbons (Fsp3) is 0.409. The number of benzene rings is 2. The number of aryl methyl sites for hydroxylation is 2. The molecule has 5 nitrogen and oxygen atoms in total. The Morgan fingerprint density at radius 3 is 2.36 bits per heavy atom. The zero-order valence-corrected chi connectivity index (χ0v) is 17.9. The second-order valence-corrected chi connectivity index (χ2v) is 9.23. The van der Waals surface area contributed by atoms with Crippen LogP contribution in [0.2, 0.25) is 0 Å². The summed E-state index contributed by atoms with van der Waals surface area (Å²) in [5, 5.41) is 2.94. The topological polar surface area (TPSA) is 66.5 Å². The molecule has 0 radical (unpaired) electrons. The molecule has 1 atom stereocenters. The Hall–Kier alpha value is -2.34. The number of nitrogens with zero attached hydrogens (tertiary/aromatic N) is 1. The van der Waals surface area contributed by atoms with Gasteiger partial charge in [0, 0.05) is 19.5 Å². The van der Waals surface area contributed by atoms with Gasteiger partial charge in [-0.1, -0.05) is 43.3 Å². The van der Waals surface area contributed by atoms with Gasteiger partial charge in [-0.25, -0.2) is 8.42 Å². The van der Waals surface area contributed by atoms with Crippen molar-refractivity contribution >= 4 is 21.6 Å². The predicted octanol–water partition coefficient (Wildman–Crippen LogP) is 3.77. The van der Waals surface area contributed by atoms with Crippen molar-refractivity contribution in [1.29, 1.82) is 0 Å². The molecule has 0 fully saturated rings. The first-order chi connectivity index (χ1) is 13.2. The van der Waals surface area contributed by atoms with Crippen LogP contribution in [0.5, 0.6) is 0 Å². The highest BCUT2D eigenvalue weighted by Gasteiger charge is 2.18. The Labute approximate surface area is 168 Å². The summed E-state index contributed by atoms with van der Waals surface area (Å²) in [6.07, 6.45) is 1.95. The molecule has 0 aromatic heterocycles. The summed E-state index contributed by atoms with van der Waals surface area (Å²) < 4.78 is 25.8. The van der Waals surface area contributed by atoms with Gasteiger partial charge in [0.15, 0.2) is 0 Å². The Kier molecular flexibility index (Phi) is 7.63. The van der Waals surface area contributed by atoms with E-state index in [0.29, 0.717) is 25.1 Å². The first-order valence-electron chi connectivity index (χ1n) is 9.55. The predicted molar refractivity (Wildman–Crippen MR) is 115 cm³/mol. The van der Waals surface area contributed by atoms with E-state index < -0.39 is 10.0 Å². The molecule has 152 valence electrons. The lowest BCUT2D eigenvalue weighted by Gasteiger charge is -2.23. The summed E-state index contributed by atoms with van der Waals surface area (Å²) in [6.45, 7) is 6.87. The van der Waals surface area contributed by atoms with Crippen LogP contribution in [0, 0.1) is 13.8 Å². The molecule has 2 aromatic carbocycles. The number of carbonyl (C=O) groups is 1. The minimum absolute atomic E-state index is 0.0590. The first-order valence-corrected chi connectivity index (χ1v) is 11.4. The molecule has 2 rings (SSSR count). The summed E-state index contributed by atoms with van der Waals surface area (Å²) in [4.78, 5) is 12.2. The third kappa shape index (κ3) is 6.37. The number of nitrogens with one attached hydrogen (secondary N) is 1. The number of carbonyl (C=O) groups excluding carboxylic acids is 1. The molecule has 0 aliphatic rings. The average molecular weight is 403 g/mol. The maximum atomic E-state index is 12.2. The normalized spacial score (nSPS) is 12.4. The zero-order chi connectivity index (χ0) is 20.7. The van der Waals surface area contributed by atoms with Crippen molar-refractivity contribution in [3.63, 3.8) is 0 Å². The minimum Gasteiger partial charge on any atom is -0.356 e. The Morgan fingerprint density at radius 2 is 1.75 bits per heavy atom. The van der Waals surface area contributed by atoms with E-state index in [2.05, 4.69) is 12.2 Å². The van der Waals surface area contributed by atoms with Crippen molar-refractivity contribution in [2.75, 3.05) is 23.7 Å². The third-order valence-electron chi connectivity index (χ3n) is 4.92. The van der Waals surface area contributed by atoms with Crippen molar-refractivity contribution in [3.05, 3.63) is 65.2 Å². The van der Waals surface area contributed by atoms with Crippen LogP contribution in [0.1, 0.15) is 42.4 Å². The Balaban J connectivity index is 1.88. The van der Waals surface area contributed by atoms with Gasteiger partial charge in [-0.3, -0.25) is 9.10 Å². The van der Waals surface area contributed by atoms with Gasteiger partial charge < -0.3 is 5.32 Å². The van der Waals surface area contributed by atoms with Crippen molar-refractivity contribution in [3.8, 4) is 0 Å². The number of rotatable bonds is 9. The van der Waals surface area contributed by atoms with Gasteiger partial charge in [0.25, 0.3) is 0 Å². The molecular formula is C22H30N2O3S. The van der Waals surface area contributed by atoms with Crippen molar-refractivity contribution in [2.45, 2.75) is 39.5 Å². The molecule has 6 heteroatoms. The quantitative estimate of drug-likeness (QED) is 0.694. The lowest BCUT2D eigenvalue weighted by atomic mass is 10.0. The van der Waals surface area contributed by atoms with Crippen LogP contribution in [0.25, 0.3) is 0 Å². The van der Waals surface area contributed by atoms with E-state index in [-0.39, 0.29) is 18.4 Å². The van der Waals surface area contributed by atoms with Crippen molar-refractivity contribution < 1.29 is 13.2 Å². The second-order valence-electron chi connectivity index (χ2n) is 7.32. The van der Waals surface area contributed by atoms with E-state index in [1.807, 2.05) is 62.4 Å². The Bertz CT molecular complexity index is 895. The van der Waals surface area contributed by atoms with E-state index in [4.69, 9.17) is 0 Å². The number of sulfonamides is 1. The fourth-order valence-corrected chi connectivity index (χ4v) is 3.96.